The van der Waals surface area contributed by atoms with E-state index in [0.29, 0.717) is 5.41 Å². The molecule has 1 heteroatoms. The van der Waals surface area contributed by atoms with Crippen LogP contribution in [0.4, 0.5) is 11.4 Å². The van der Waals surface area contributed by atoms with Gasteiger partial charge in [-0.3, -0.25) is 0 Å². The van der Waals surface area contributed by atoms with Gasteiger partial charge in [-0.05, 0) is 43.0 Å². The highest BCUT2D eigenvalue weighted by Gasteiger charge is 2.12. The Morgan fingerprint density at radius 3 is 1.67 bits per heavy atom. The van der Waals surface area contributed by atoms with Gasteiger partial charge in [0, 0.05) is 17.6 Å². The lowest BCUT2D eigenvalue weighted by molar-refractivity contribution is 0.409. The largest absolute Gasteiger partial charge is 0.317 e. The summed E-state index contributed by atoms with van der Waals surface area (Å²) in [5, 5.41) is 0. The minimum atomic E-state index is 0.305. The molecular weight excluding hydrogens is 254 g/mol. The maximum atomic E-state index is 2.28. The van der Waals surface area contributed by atoms with Gasteiger partial charge < -0.3 is 4.90 Å². The van der Waals surface area contributed by atoms with Crippen LogP contribution < -0.4 is 4.90 Å². The van der Waals surface area contributed by atoms with Crippen molar-refractivity contribution in [1.29, 1.82) is 0 Å². The second-order valence-corrected chi connectivity index (χ2v) is 6.75. The molecule has 0 aliphatic carbocycles. The maximum absolute atomic E-state index is 2.28. The summed E-state index contributed by atoms with van der Waals surface area (Å²) in [5.74, 6) is 0. The highest BCUT2D eigenvalue weighted by Crippen LogP contribution is 2.29. The van der Waals surface area contributed by atoms with Gasteiger partial charge >= 0.3 is 0 Å². The Balaban J connectivity index is 2.36. The second-order valence-electron chi connectivity index (χ2n) is 6.75. The standard InChI is InChI=1S/C20H25N/c1-17(15-20(2,3)4)16-21(18-11-7-5-8-12-18)19-13-9-6-10-14-19/h5-14,16H,15H2,1-4H3. The fourth-order valence-corrected chi connectivity index (χ4v) is 2.58. The summed E-state index contributed by atoms with van der Waals surface area (Å²) in [6.07, 6.45) is 3.35. The van der Waals surface area contributed by atoms with Crippen molar-refractivity contribution in [2.45, 2.75) is 34.1 Å². The third-order valence-electron chi connectivity index (χ3n) is 3.23. The van der Waals surface area contributed by atoms with E-state index in [1.54, 1.807) is 0 Å². The number of rotatable bonds is 4. The fraction of sp³-hybridized carbons (Fsp3) is 0.300. The van der Waals surface area contributed by atoms with Gasteiger partial charge in [-0.25, -0.2) is 0 Å². The highest BCUT2D eigenvalue weighted by molar-refractivity contribution is 5.65. The predicted molar refractivity (Wildman–Crippen MR) is 92.9 cm³/mol. The van der Waals surface area contributed by atoms with Gasteiger partial charge in [-0.1, -0.05) is 62.7 Å². The number of hydrogen-bond acceptors (Lipinski definition) is 1. The summed E-state index contributed by atoms with van der Waals surface area (Å²) in [7, 11) is 0. The van der Waals surface area contributed by atoms with Crippen LogP contribution in [0.25, 0.3) is 0 Å². The summed E-state index contributed by atoms with van der Waals surface area (Å²) in [5.41, 5.74) is 4.07. The molecule has 0 radical (unpaired) electrons. The maximum Gasteiger partial charge on any atom is 0.0455 e. The summed E-state index contributed by atoms with van der Waals surface area (Å²) < 4.78 is 0. The minimum Gasteiger partial charge on any atom is -0.317 e. The molecule has 0 saturated carbocycles. The molecule has 0 heterocycles. The smallest absolute Gasteiger partial charge is 0.0455 e. The first-order chi connectivity index (χ1) is 9.96. The van der Waals surface area contributed by atoms with E-state index in [0.717, 1.165) is 6.42 Å². The molecule has 0 atom stereocenters. The summed E-state index contributed by atoms with van der Waals surface area (Å²) in [4.78, 5) is 2.26. The van der Waals surface area contributed by atoms with Crippen LogP contribution in [0.5, 0.6) is 0 Å². The van der Waals surface area contributed by atoms with Crippen LogP contribution in [0.15, 0.2) is 72.4 Å². The zero-order valence-corrected chi connectivity index (χ0v) is 13.5. The molecule has 1 nitrogen and oxygen atoms in total. The molecule has 0 spiro atoms. The van der Waals surface area contributed by atoms with Crippen LogP contribution in [-0.2, 0) is 0 Å². The molecule has 2 rings (SSSR count). The highest BCUT2D eigenvalue weighted by atomic mass is 15.1. The number of hydrogen-bond donors (Lipinski definition) is 0. The van der Waals surface area contributed by atoms with Crippen molar-refractivity contribution in [3.8, 4) is 0 Å². The van der Waals surface area contributed by atoms with E-state index in [-0.39, 0.29) is 0 Å². The van der Waals surface area contributed by atoms with Gasteiger partial charge in [-0.15, -0.1) is 0 Å². The van der Waals surface area contributed by atoms with Crippen LogP contribution in [0.3, 0.4) is 0 Å². The van der Waals surface area contributed by atoms with E-state index in [1.807, 2.05) is 0 Å². The molecule has 110 valence electrons. The van der Waals surface area contributed by atoms with Crippen LogP contribution >= 0.6 is 0 Å². The van der Waals surface area contributed by atoms with E-state index in [4.69, 9.17) is 0 Å². The monoisotopic (exact) mass is 279 g/mol. The first kappa shape index (κ1) is 15.4. The van der Waals surface area contributed by atoms with E-state index in [2.05, 4.69) is 99.5 Å². The Labute approximate surface area is 128 Å². The van der Waals surface area contributed by atoms with Gasteiger partial charge in [0.15, 0.2) is 0 Å². The van der Waals surface area contributed by atoms with Gasteiger partial charge in [0.2, 0.25) is 0 Å². The number of anilines is 2. The quantitative estimate of drug-likeness (QED) is 0.647. The zero-order chi connectivity index (χ0) is 15.3. The molecule has 0 amide bonds. The first-order valence-corrected chi connectivity index (χ1v) is 7.52. The number of para-hydroxylation sites is 2. The molecule has 0 aromatic heterocycles. The summed E-state index contributed by atoms with van der Waals surface area (Å²) in [6, 6.07) is 21.0. The lowest BCUT2D eigenvalue weighted by Crippen LogP contribution is -2.12. The molecule has 0 bridgehead atoms. The molecule has 0 aliphatic rings. The molecule has 2 aromatic rings. The lowest BCUT2D eigenvalue weighted by Gasteiger charge is -2.24. The molecule has 0 N–H and O–H groups in total. The second kappa shape index (κ2) is 6.62. The van der Waals surface area contributed by atoms with E-state index in [9.17, 15) is 0 Å². The normalized spacial score (nSPS) is 12.3. The van der Waals surface area contributed by atoms with Gasteiger partial charge in [-0.2, -0.15) is 0 Å². The van der Waals surface area contributed by atoms with Crippen molar-refractivity contribution < 1.29 is 0 Å². The van der Waals surface area contributed by atoms with Crippen LogP contribution in [0.1, 0.15) is 34.1 Å². The average molecular weight is 279 g/mol. The first-order valence-electron chi connectivity index (χ1n) is 7.52. The summed E-state index contributed by atoms with van der Waals surface area (Å²) >= 11 is 0. The zero-order valence-electron chi connectivity index (χ0n) is 13.5. The number of nitrogens with zero attached hydrogens (tertiary/aromatic N) is 1. The van der Waals surface area contributed by atoms with Crippen molar-refractivity contribution in [3.63, 3.8) is 0 Å². The van der Waals surface area contributed by atoms with E-state index in [1.165, 1.54) is 16.9 Å². The van der Waals surface area contributed by atoms with Crippen molar-refractivity contribution in [3.05, 3.63) is 72.4 Å². The van der Waals surface area contributed by atoms with Crippen molar-refractivity contribution in [2.75, 3.05) is 4.90 Å². The minimum absolute atomic E-state index is 0.305. The Kier molecular flexibility index (Phi) is 4.85. The van der Waals surface area contributed by atoms with Crippen molar-refractivity contribution in [1.82, 2.24) is 0 Å². The molecule has 0 saturated heterocycles. The molecule has 21 heavy (non-hydrogen) atoms. The molecule has 0 aliphatic heterocycles. The Bertz CT molecular complexity index is 537. The topological polar surface area (TPSA) is 3.24 Å². The SMILES string of the molecule is CC(=CN(c1ccccc1)c1ccccc1)CC(C)(C)C. The third-order valence-corrected chi connectivity index (χ3v) is 3.23. The van der Waals surface area contributed by atoms with Gasteiger partial charge in [0.05, 0.1) is 0 Å². The van der Waals surface area contributed by atoms with Crippen molar-refractivity contribution >= 4 is 11.4 Å². The van der Waals surface area contributed by atoms with Gasteiger partial charge in [0.1, 0.15) is 0 Å². The Morgan fingerprint density at radius 1 is 0.857 bits per heavy atom. The Hall–Kier alpha value is -2.02. The molecule has 0 unspecified atom stereocenters. The molecular formula is C20H25N. The van der Waals surface area contributed by atoms with Gasteiger partial charge in [0.25, 0.3) is 0 Å². The van der Waals surface area contributed by atoms with E-state index >= 15 is 0 Å². The van der Waals surface area contributed by atoms with Crippen molar-refractivity contribution in [2.24, 2.45) is 5.41 Å². The predicted octanol–water partition coefficient (Wildman–Crippen LogP) is 6.16. The van der Waals surface area contributed by atoms with Crippen LogP contribution in [0, 0.1) is 5.41 Å². The van der Waals surface area contributed by atoms with Crippen LogP contribution in [-0.4, -0.2) is 0 Å². The van der Waals surface area contributed by atoms with Crippen LogP contribution in [0.2, 0.25) is 0 Å². The molecule has 2 aromatic carbocycles. The lowest BCUT2D eigenvalue weighted by atomic mass is 9.89. The Morgan fingerprint density at radius 2 is 1.29 bits per heavy atom. The summed E-state index contributed by atoms with van der Waals surface area (Å²) in [6.45, 7) is 9.04. The average Bonchev–Trinajstić information content (AvgIpc) is 2.45. The third kappa shape index (κ3) is 4.78. The number of allylic oxidation sites excluding steroid dienone is 1. The molecule has 0 fully saturated rings. The van der Waals surface area contributed by atoms with E-state index < -0.39 is 0 Å². The fourth-order valence-electron chi connectivity index (χ4n) is 2.58. The number of benzene rings is 2.